The molecule has 0 atom stereocenters. The molecule has 0 aliphatic rings. The van der Waals surface area contributed by atoms with E-state index in [4.69, 9.17) is 11.6 Å². The van der Waals surface area contributed by atoms with Crippen LogP contribution in [0.1, 0.15) is 10.4 Å². The lowest BCUT2D eigenvalue weighted by atomic mass is 10.2. The molecule has 0 aliphatic carbocycles. The summed E-state index contributed by atoms with van der Waals surface area (Å²) in [6, 6.07) is 7.99. The second-order valence-electron chi connectivity index (χ2n) is 4.15. The molecule has 0 saturated heterocycles. The number of nitrogens with one attached hydrogen (secondary N) is 1. The summed E-state index contributed by atoms with van der Waals surface area (Å²) in [5.41, 5.74) is -0.0473. The van der Waals surface area contributed by atoms with Gasteiger partial charge in [-0.2, -0.15) is 0 Å². The van der Waals surface area contributed by atoms with Crippen LogP contribution >= 0.6 is 11.6 Å². The Labute approximate surface area is 127 Å². The highest BCUT2D eigenvalue weighted by Crippen LogP contribution is 2.24. The van der Waals surface area contributed by atoms with Gasteiger partial charge in [0.25, 0.3) is 5.91 Å². The second-order valence-corrected chi connectivity index (χ2v) is 4.59. The van der Waals surface area contributed by atoms with Crippen molar-refractivity contribution in [2.75, 3.05) is 5.32 Å². The molecule has 0 fully saturated rings. The van der Waals surface area contributed by atoms with E-state index in [2.05, 4.69) is 10.1 Å². The lowest BCUT2D eigenvalue weighted by molar-refractivity contribution is -0.274. The third kappa shape index (κ3) is 4.36. The van der Waals surface area contributed by atoms with Crippen molar-refractivity contribution in [1.29, 1.82) is 0 Å². The predicted octanol–water partition coefficient (Wildman–Crippen LogP) is 4.63. The van der Waals surface area contributed by atoms with Gasteiger partial charge in [-0.25, -0.2) is 4.39 Å². The molecule has 1 N–H and O–H groups in total. The van der Waals surface area contributed by atoms with Gasteiger partial charge in [0.15, 0.2) is 0 Å². The van der Waals surface area contributed by atoms with Crippen molar-refractivity contribution in [2.24, 2.45) is 0 Å². The van der Waals surface area contributed by atoms with Crippen molar-refractivity contribution in [3.05, 3.63) is 58.9 Å². The Kier molecular flexibility index (Phi) is 4.56. The molecule has 0 saturated carbocycles. The van der Waals surface area contributed by atoms with E-state index < -0.39 is 23.8 Å². The topological polar surface area (TPSA) is 38.3 Å². The number of halogens is 5. The fourth-order valence-electron chi connectivity index (χ4n) is 1.61. The molecule has 0 heterocycles. The Morgan fingerprint density at radius 1 is 1.09 bits per heavy atom. The van der Waals surface area contributed by atoms with Gasteiger partial charge in [0.05, 0.1) is 5.56 Å². The molecular formula is C14H8ClF4NO2. The molecule has 8 heteroatoms. The molecule has 0 radical (unpaired) electrons. The van der Waals surface area contributed by atoms with Crippen molar-refractivity contribution >= 4 is 23.2 Å². The molecule has 2 aromatic rings. The lowest BCUT2D eigenvalue weighted by Crippen LogP contribution is -2.17. The van der Waals surface area contributed by atoms with E-state index in [1.54, 1.807) is 0 Å². The third-order valence-corrected chi connectivity index (χ3v) is 2.76. The fraction of sp³-hybridized carbons (Fsp3) is 0.0714. The number of hydrogen-bond donors (Lipinski definition) is 1. The zero-order valence-corrected chi connectivity index (χ0v) is 11.5. The molecule has 116 valence electrons. The van der Waals surface area contributed by atoms with Crippen molar-refractivity contribution in [3.63, 3.8) is 0 Å². The molecule has 2 aromatic carbocycles. The Morgan fingerprint density at radius 2 is 1.73 bits per heavy atom. The van der Waals surface area contributed by atoms with E-state index in [-0.39, 0.29) is 16.3 Å². The molecule has 1 amide bonds. The molecular weight excluding hydrogens is 326 g/mol. The molecule has 3 nitrogen and oxygen atoms in total. The van der Waals surface area contributed by atoms with Gasteiger partial charge in [0, 0.05) is 10.7 Å². The number of ether oxygens (including phenoxy) is 1. The van der Waals surface area contributed by atoms with E-state index in [0.29, 0.717) is 0 Å². The van der Waals surface area contributed by atoms with Crippen molar-refractivity contribution in [1.82, 2.24) is 0 Å². The van der Waals surface area contributed by atoms with Crippen LogP contribution in [-0.2, 0) is 0 Å². The van der Waals surface area contributed by atoms with Crippen LogP contribution in [0.2, 0.25) is 5.02 Å². The average molecular weight is 334 g/mol. The molecule has 0 bridgehead atoms. The fourth-order valence-corrected chi connectivity index (χ4v) is 1.77. The minimum Gasteiger partial charge on any atom is -0.406 e. The number of carbonyl (C=O) groups is 1. The zero-order valence-electron chi connectivity index (χ0n) is 10.7. The summed E-state index contributed by atoms with van der Waals surface area (Å²) in [4.78, 5) is 11.9. The summed E-state index contributed by atoms with van der Waals surface area (Å²) >= 11 is 5.57. The van der Waals surface area contributed by atoms with E-state index in [0.717, 1.165) is 18.2 Å². The Hall–Kier alpha value is -2.28. The van der Waals surface area contributed by atoms with Crippen LogP contribution in [0.25, 0.3) is 0 Å². The van der Waals surface area contributed by atoms with Crippen molar-refractivity contribution < 1.29 is 27.1 Å². The molecule has 0 aromatic heterocycles. The second kappa shape index (κ2) is 6.23. The van der Waals surface area contributed by atoms with Gasteiger partial charge in [-0.3, -0.25) is 4.79 Å². The zero-order chi connectivity index (χ0) is 16.3. The highest BCUT2D eigenvalue weighted by Gasteiger charge is 2.30. The SMILES string of the molecule is O=C(Nc1ccc(OC(F)(F)F)cc1)c1ccc(Cl)cc1F. The number of anilines is 1. The summed E-state index contributed by atoms with van der Waals surface area (Å²) in [5.74, 6) is -1.98. The van der Waals surface area contributed by atoms with Crippen molar-refractivity contribution in [3.8, 4) is 5.75 Å². The van der Waals surface area contributed by atoms with Crippen LogP contribution in [-0.4, -0.2) is 12.3 Å². The normalized spacial score (nSPS) is 11.1. The summed E-state index contributed by atoms with van der Waals surface area (Å²) in [7, 11) is 0. The number of carbonyl (C=O) groups excluding carboxylic acids is 1. The van der Waals surface area contributed by atoms with Gasteiger partial charge in [-0.15, -0.1) is 13.2 Å². The minimum atomic E-state index is -4.79. The molecule has 22 heavy (non-hydrogen) atoms. The number of alkyl halides is 3. The number of amides is 1. The molecule has 2 rings (SSSR count). The smallest absolute Gasteiger partial charge is 0.406 e. The van der Waals surface area contributed by atoms with E-state index in [1.807, 2.05) is 0 Å². The predicted molar refractivity (Wildman–Crippen MR) is 72.5 cm³/mol. The van der Waals surface area contributed by atoms with Gasteiger partial charge in [-0.1, -0.05) is 11.6 Å². The van der Waals surface area contributed by atoms with E-state index in [9.17, 15) is 22.4 Å². The van der Waals surface area contributed by atoms with Gasteiger partial charge < -0.3 is 10.1 Å². The van der Waals surface area contributed by atoms with Crippen molar-refractivity contribution in [2.45, 2.75) is 6.36 Å². The van der Waals surface area contributed by atoms with Crippen LogP contribution in [0.4, 0.5) is 23.2 Å². The number of hydrogen-bond acceptors (Lipinski definition) is 2. The van der Waals surface area contributed by atoms with Gasteiger partial charge >= 0.3 is 6.36 Å². The first kappa shape index (κ1) is 16.1. The van der Waals surface area contributed by atoms with E-state index >= 15 is 0 Å². The maximum absolute atomic E-state index is 13.6. The monoisotopic (exact) mass is 333 g/mol. The maximum atomic E-state index is 13.6. The standard InChI is InChI=1S/C14H8ClF4NO2/c15-8-1-6-11(12(16)7-8)13(21)20-9-2-4-10(5-3-9)22-14(17,18)19/h1-7H,(H,20,21). The first-order valence-corrected chi connectivity index (χ1v) is 6.24. The quantitative estimate of drug-likeness (QED) is 0.832. The van der Waals surface area contributed by atoms with Crippen LogP contribution < -0.4 is 10.1 Å². The first-order chi connectivity index (χ1) is 10.2. The van der Waals surface area contributed by atoms with Crippen LogP contribution in [0.3, 0.4) is 0 Å². The Morgan fingerprint density at radius 3 is 2.27 bits per heavy atom. The summed E-state index contributed by atoms with van der Waals surface area (Å²) < 4.78 is 53.3. The van der Waals surface area contributed by atoms with Gasteiger partial charge in [0.1, 0.15) is 11.6 Å². The average Bonchev–Trinajstić information content (AvgIpc) is 2.39. The summed E-state index contributed by atoms with van der Waals surface area (Å²) in [6.45, 7) is 0. The summed E-state index contributed by atoms with van der Waals surface area (Å²) in [5, 5.41) is 2.49. The summed E-state index contributed by atoms with van der Waals surface area (Å²) in [6.07, 6.45) is -4.79. The number of benzene rings is 2. The molecule has 0 unspecified atom stereocenters. The maximum Gasteiger partial charge on any atom is 0.573 e. The van der Waals surface area contributed by atoms with Crippen LogP contribution in [0, 0.1) is 5.82 Å². The van der Waals surface area contributed by atoms with Crippen LogP contribution in [0.5, 0.6) is 5.75 Å². The lowest BCUT2D eigenvalue weighted by Gasteiger charge is -2.10. The van der Waals surface area contributed by atoms with Gasteiger partial charge in [-0.05, 0) is 42.5 Å². The minimum absolute atomic E-state index is 0.141. The van der Waals surface area contributed by atoms with Crippen LogP contribution in [0.15, 0.2) is 42.5 Å². The molecule has 0 aliphatic heterocycles. The van der Waals surface area contributed by atoms with E-state index in [1.165, 1.54) is 24.3 Å². The highest BCUT2D eigenvalue weighted by atomic mass is 35.5. The Balaban J connectivity index is 2.09. The number of rotatable bonds is 3. The third-order valence-electron chi connectivity index (χ3n) is 2.52. The van der Waals surface area contributed by atoms with Gasteiger partial charge in [0.2, 0.25) is 0 Å². The largest absolute Gasteiger partial charge is 0.573 e. The molecule has 0 spiro atoms. The highest BCUT2D eigenvalue weighted by molar-refractivity contribution is 6.30. The first-order valence-electron chi connectivity index (χ1n) is 5.87. The Bertz CT molecular complexity index is 686.